The number of carbonyl (C=O) groups is 2. The molecule has 0 aliphatic heterocycles. The van der Waals surface area contributed by atoms with E-state index in [1.807, 2.05) is 27.7 Å². The highest BCUT2D eigenvalue weighted by molar-refractivity contribution is 5.98. The van der Waals surface area contributed by atoms with Crippen LogP contribution in [0.3, 0.4) is 0 Å². The molecule has 1 aromatic rings. The first kappa shape index (κ1) is 14.6. The van der Waals surface area contributed by atoms with Gasteiger partial charge in [0.1, 0.15) is 0 Å². The van der Waals surface area contributed by atoms with E-state index in [9.17, 15) is 9.59 Å². The van der Waals surface area contributed by atoms with Crippen molar-refractivity contribution in [2.45, 2.75) is 47.0 Å². The van der Waals surface area contributed by atoms with Crippen LogP contribution in [0.2, 0.25) is 0 Å². The number of aromatic nitrogens is 2. The summed E-state index contributed by atoms with van der Waals surface area (Å²) in [4.78, 5) is 32.3. The summed E-state index contributed by atoms with van der Waals surface area (Å²) in [6, 6.07) is 0. The highest BCUT2D eigenvalue weighted by Crippen LogP contribution is 2.33. The molecule has 1 aliphatic rings. The number of nitrogens with one attached hydrogen (secondary N) is 1. The zero-order valence-corrected chi connectivity index (χ0v) is 12.5. The lowest BCUT2D eigenvalue weighted by molar-refractivity contribution is -0.119. The average molecular weight is 275 g/mol. The van der Waals surface area contributed by atoms with Gasteiger partial charge in [0, 0.05) is 18.5 Å². The van der Waals surface area contributed by atoms with Crippen LogP contribution in [0.4, 0.5) is 5.95 Å². The third kappa shape index (κ3) is 3.03. The number of nitrogens with zero attached hydrogens (tertiary/aromatic N) is 2. The Kier molecular flexibility index (Phi) is 3.88. The molecule has 0 saturated heterocycles. The summed E-state index contributed by atoms with van der Waals surface area (Å²) < 4.78 is 0. The zero-order valence-electron chi connectivity index (χ0n) is 12.5. The van der Waals surface area contributed by atoms with Gasteiger partial charge in [0.2, 0.25) is 11.9 Å². The van der Waals surface area contributed by atoms with Gasteiger partial charge in [-0.1, -0.05) is 27.7 Å². The van der Waals surface area contributed by atoms with Gasteiger partial charge in [0.25, 0.3) is 0 Å². The van der Waals surface area contributed by atoms with Gasteiger partial charge in [-0.05, 0) is 18.3 Å². The smallest absolute Gasteiger partial charge is 0.229 e. The van der Waals surface area contributed by atoms with Gasteiger partial charge in [-0.15, -0.1) is 0 Å². The molecule has 0 bridgehead atoms. The highest BCUT2D eigenvalue weighted by atomic mass is 16.2. The summed E-state index contributed by atoms with van der Waals surface area (Å²) in [6.07, 6.45) is 3.54. The van der Waals surface area contributed by atoms with Crippen LogP contribution in [0, 0.1) is 11.3 Å². The number of rotatable bonds is 3. The number of ketones is 1. The largest absolute Gasteiger partial charge is 0.294 e. The maximum Gasteiger partial charge on any atom is 0.229 e. The van der Waals surface area contributed by atoms with Crippen LogP contribution in [0.1, 0.15) is 56.6 Å². The minimum atomic E-state index is -0.0890. The van der Waals surface area contributed by atoms with Crippen LogP contribution in [0.15, 0.2) is 6.20 Å². The van der Waals surface area contributed by atoms with Crippen molar-refractivity contribution in [1.29, 1.82) is 0 Å². The predicted octanol–water partition coefficient (Wildman–Crippen LogP) is 2.62. The Morgan fingerprint density at radius 2 is 2.15 bits per heavy atom. The zero-order chi connectivity index (χ0) is 14.9. The number of hydrogen-bond donors (Lipinski definition) is 1. The Hall–Kier alpha value is -1.78. The van der Waals surface area contributed by atoms with E-state index in [1.165, 1.54) is 6.20 Å². The van der Waals surface area contributed by atoms with E-state index in [1.54, 1.807) is 0 Å². The Morgan fingerprint density at radius 1 is 1.45 bits per heavy atom. The fraction of sp³-hybridized carbons (Fsp3) is 0.600. The SMILES string of the molecule is CC[C@H](C)C(=O)Nc1ncc2c(n1)CC(C)(C)CC2=O. The van der Waals surface area contributed by atoms with Crippen LogP contribution in [-0.4, -0.2) is 21.7 Å². The maximum absolute atomic E-state index is 12.0. The molecule has 2 rings (SSSR count). The molecule has 1 amide bonds. The topological polar surface area (TPSA) is 72.0 Å². The first-order valence-electron chi connectivity index (χ1n) is 7.02. The van der Waals surface area contributed by atoms with E-state index in [-0.39, 0.29) is 23.0 Å². The summed E-state index contributed by atoms with van der Waals surface area (Å²) in [5.74, 6) is 0.206. The molecule has 5 nitrogen and oxygen atoms in total. The van der Waals surface area contributed by atoms with Crippen molar-refractivity contribution in [3.05, 3.63) is 17.5 Å². The monoisotopic (exact) mass is 275 g/mol. The Balaban J connectivity index is 2.24. The molecule has 108 valence electrons. The quantitative estimate of drug-likeness (QED) is 0.920. The van der Waals surface area contributed by atoms with E-state index in [4.69, 9.17) is 0 Å². The highest BCUT2D eigenvalue weighted by Gasteiger charge is 2.32. The molecule has 1 aliphatic carbocycles. The molecule has 0 unspecified atom stereocenters. The van der Waals surface area contributed by atoms with Crippen molar-refractivity contribution in [2.75, 3.05) is 5.32 Å². The number of carbonyl (C=O) groups excluding carboxylic acids is 2. The predicted molar refractivity (Wildman–Crippen MR) is 76.5 cm³/mol. The van der Waals surface area contributed by atoms with Gasteiger partial charge in [0.15, 0.2) is 5.78 Å². The molecular weight excluding hydrogens is 254 g/mol. The Labute approximate surface area is 119 Å². The van der Waals surface area contributed by atoms with Crippen molar-refractivity contribution < 1.29 is 9.59 Å². The number of anilines is 1. The Morgan fingerprint density at radius 3 is 2.80 bits per heavy atom. The second-order valence-corrected chi connectivity index (χ2v) is 6.29. The van der Waals surface area contributed by atoms with Gasteiger partial charge in [-0.2, -0.15) is 0 Å². The van der Waals surface area contributed by atoms with E-state index in [2.05, 4.69) is 15.3 Å². The molecule has 0 fully saturated rings. The molecule has 1 N–H and O–H groups in total. The molecule has 1 aromatic heterocycles. The molecule has 1 heterocycles. The van der Waals surface area contributed by atoms with E-state index >= 15 is 0 Å². The summed E-state index contributed by atoms with van der Waals surface area (Å²) in [5.41, 5.74) is 1.24. The van der Waals surface area contributed by atoms with Crippen molar-refractivity contribution >= 4 is 17.6 Å². The standard InChI is InChI=1S/C15H21N3O2/c1-5-9(2)13(20)18-14-16-8-10-11(17-14)6-15(3,4)7-12(10)19/h8-9H,5-7H2,1-4H3,(H,16,17,18,20)/t9-/m0/s1. The summed E-state index contributed by atoms with van der Waals surface area (Å²) in [5, 5.41) is 2.71. The van der Waals surface area contributed by atoms with Gasteiger partial charge < -0.3 is 0 Å². The molecule has 0 spiro atoms. The third-order valence-corrected chi connectivity index (χ3v) is 3.75. The van der Waals surface area contributed by atoms with E-state index in [0.29, 0.717) is 17.9 Å². The molecule has 1 atom stereocenters. The third-order valence-electron chi connectivity index (χ3n) is 3.75. The van der Waals surface area contributed by atoms with E-state index in [0.717, 1.165) is 18.5 Å². The fourth-order valence-corrected chi connectivity index (χ4v) is 2.31. The van der Waals surface area contributed by atoms with Crippen LogP contribution in [0.25, 0.3) is 0 Å². The number of fused-ring (bicyclic) bond motifs is 1. The van der Waals surface area contributed by atoms with Gasteiger partial charge in [-0.25, -0.2) is 9.97 Å². The van der Waals surface area contributed by atoms with E-state index < -0.39 is 0 Å². The maximum atomic E-state index is 12.0. The molecular formula is C15H21N3O2. The van der Waals surface area contributed by atoms with Crippen molar-refractivity contribution in [3.8, 4) is 0 Å². The normalized spacial score (nSPS) is 18.3. The molecule has 0 aromatic carbocycles. The summed E-state index contributed by atoms with van der Waals surface area (Å²) >= 11 is 0. The van der Waals surface area contributed by atoms with Gasteiger partial charge >= 0.3 is 0 Å². The molecule has 0 saturated carbocycles. The lowest BCUT2D eigenvalue weighted by Gasteiger charge is -2.29. The minimum Gasteiger partial charge on any atom is -0.294 e. The van der Waals surface area contributed by atoms with Crippen LogP contribution in [-0.2, 0) is 11.2 Å². The van der Waals surface area contributed by atoms with Crippen LogP contribution >= 0.6 is 0 Å². The average Bonchev–Trinajstić information content (AvgIpc) is 2.35. The number of Topliss-reactive ketones (excluding diaryl/α,β-unsaturated/α-hetero) is 1. The summed E-state index contributed by atoms with van der Waals surface area (Å²) in [7, 11) is 0. The summed E-state index contributed by atoms with van der Waals surface area (Å²) in [6.45, 7) is 7.92. The van der Waals surface area contributed by atoms with Gasteiger partial charge in [-0.3, -0.25) is 14.9 Å². The molecule has 0 radical (unpaired) electrons. The molecule has 20 heavy (non-hydrogen) atoms. The first-order chi connectivity index (χ1) is 9.32. The first-order valence-corrected chi connectivity index (χ1v) is 7.02. The Bertz CT molecular complexity index is 552. The lowest BCUT2D eigenvalue weighted by Crippen LogP contribution is -2.29. The second-order valence-electron chi connectivity index (χ2n) is 6.29. The van der Waals surface area contributed by atoms with Crippen LogP contribution < -0.4 is 5.32 Å². The number of amides is 1. The van der Waals surface area contributed by atoms with Crippen molar-refractivity contribution in [3.63, 3.8) is 0 Å². The van der Waals surface area contributed by atoms with Crippen molar-refractivity contribution in [1.82, 2.24) is 9.97 Å². The van der Waals surface area contributed by atoms with Crippen LogP contribution in [0.5, 0.6) is 0 Å². The fourth-order valence-electron chi connectivity index (χ4n) is 2.31. The second kappa shape index (κ2) is 5.31. The van der Waals surface area contributed by atoms with Gasteiger partial charge in [0.05, 0.1) is 11.3 Å². The number of hydrogen-bond acceptors (Lipinski definition) is 4. The van der Waals surface area contributed by atoms with Crippen molar-refractivity contribution in [2.24, 2.45) is 11.3 Å². The lowest BCUT2D eigenvalue weighted by atomic mass is 9.76. The molecule has 5 heteroatoms. The minimum absolute atomic E-state index is 0.0762.